The number of piperazine rings is 1. The van der Waals surface area contributed by atoms with Gasteiger partial charge in [-0.15, -0.1) is 10.2 Å². The number of carbonyl (C=O) groups excluding carboxylic acids is 1. The van der Waals surface area contributed by atoms with Crippen LogP contribution in [0.2, 0.25) is 0 Å². The van der Waals surface area contributed by atoms with Crippen LogP contribution in [0.1, 0.15) is 18.7 Å². The normalized spacial score (nSPS) is 21.2. The van der Waals surface area contributed by atoms with Crippen molar-refractivity contribution >= 4 is 5.91 Å². The van der Waals surface area contributed by atoms with Gasteiger partial charge in [-0.3, -0.25) is 9.69 Å². The van der Waals surface area contributed by atoms with Crippen molar-refractivity contribution in [1.82, 2.24) is 20.0 Å². The summed E-state index contributed by atoms with van der Waals surface area (Å²) < 4.78 is 11.3. The molecule has 1 aromatic heterocycles. The van der Waals surface area contributed by atoms with Gasteiger partial charge in [0.2, 0.25) is 11.8 Å². The molecule has 0 saturated carbocycles. The molecule has 1 amide bonds. The Hall–Kier alpha value is -2.25. The van der Waals surface area contributed by atoms with Gasteiger partial charge in [0, 0.05) is 51.3 Å². The van der Waals surface area contributed by atoms with Crippen LogP contribution in [0.3, 0.4) is 0 Å². The first kappa shape index (κ1) is 17.2. The monoisotopic (exact) mass is 356 g/mol. The third kappa shape index (κ3) is 3.94. The van der Waals surface area contributed by atoms with E-state index < -0.39 is 0 Å². The molecule has 0 radical (unpaired) electrons. The number of benzene rings is 1. The van der Waals surface area contributed by atoms with Crippen molar-refractivity contribution in [1.29, 1.82) is 0 Å². The summed E-state index contributed by atoms with van der Waals surface area (Å²) in [6.45, 7) is 4.84. The molecule has 0 bridgehead atoms. The summed E-state index contributed by atoms with van der Waals surface area (Å²) >= 11 is 0. The van der Waals surface area contributed by atoms with Crippen molar-refractivity contribution in [2.24, 2.45) is 0 Å². The van der Waals surface area contributed by atoms with Gasteiger partial charge in [0.1, 0.15) is 6.10 Å². The van der Waals surface area contributed by atoms with E-state index in [-0.39, 0.29) is 12.0 Å². The lowest BCUT2D eigenvalue weighted by atomic mass is 10.2. The van der Waals surface area contributed by atoms with Crippen LogP contribution in [0, 0.1) is 0 Å². The molecule has 0 aliphatic carbocycles. The number of nitrogens with zero attached hydrogens (tertiary/aromatic N) is 4. The number of aromatic nitrogens is 2. The van der Waals surface area contributed by atoms with Crippen molar-refractivity contribution in [2.45, 2.75) is 25.4 Å². The molecule has 2 aliphatic heterocycles. The summed E-state index contributed by atoms with van der Waals surface area (Å²) in [6.07, 6.45) is 2.36. The second kappa shape index (κ2) is 7.97. The van der Waals surface area contributed by atoms with Gasteiger partial charge in [-0.1, -0.05) is 18.2 Å². The Labute approximate surface area is 152 Å². The summed E-state index contributed by atoms with van der Waals surface area (Å²) in [5.41, 5.74) is 0.938. The number of hydrogen-bond donors (Lipinski definition) is 0. The maximum Gasteiger partial charge on any atom is 0.251 e. The van der Waals surface area contributed by atoms with Crippen molar-refractivity contribution in [3.05, 3.63) is 36.2 Å². The molecule has 2 aliphatic rings. The number of ether oxygens (including phenoxy) is 1. The van der Waals surface area contributed by atoms with Gasteiger partial charge in [0.05, 0.1) is 0 Å². The third-order valence-electron chi connectivity index (χ3n) is 5.02. The molecule has 3 heterocycles. The Balaban J connectivity index is 1.24. The standard InChI is InChI=1S/C19H24N4O3/c24-19(16-7-4-14-25-16)23-12-10-22(11-13-23)9-8-17-20-21-18(26-17)15-5-2-1-3-6-15/h1-3,5-6,16H,4,7-14H2. The van der Waals surface area contributed by atoms with E-state index in [1.54, 1.807) is 0 Å². The van der Waals surface area contributed by atoms with E-state index >= 15 is 0 Å². The summed E-state index contributed by atoms with van der Waals surface area (Å²) in [5, 5.41) is 8.28. The molecule has 26 heavy (non-hydrogen) atoms. The van der Waals surface area contributed by atoms with Gasteiger partial charge in [0.15, 0.2) is 0 Å². The van der Waals surface area contributed by atoms with E-state index in [4.69, 9.17) is 9.15 Å². The van der Waals surface area contributed by atoms with E-state index in [0.29, 0.717) is 18.4 Å². The van der Waals surface area contributed by atoms with Gasteiger partial charge in [-0.25, -0.2) is 0 Å². The summed E-state index contributed by atoms with van der Waals surface area (Å²) in [7, 11) is 0. The summed E-state index contributed by atoms with van der Waals surface area (Å²) in [6, 6.07) is 9.79. The number of carbonyl (C=O) groups is 1. The molecule has 138 valence electrons. The van der Waals surface area contributed by atoms with E-state index in [1.807, 2.05) is 35.2 Å². The molecule has 2 saturated heterocycles. The highest BCUT2D eigenvalue weighted by Gasteiger charge is 2.30. The topological polar surface area (TPSA) is 71.7 Å². The molecule has 2 aromatic rings. The van der Waals surface area contributed by atoms with Gasteiger partial charge in [-0.2, -0.15) is 0 Å². The smallest absolute Gasteiger partial charge is 0.251 e. The van der Waals surface area contributed by atoms with Gasteiger partial charge < -0.3 is 14.1 Å². The molecular formula is C19H24N4O3. The van der Waals surface area contributed by atoms with Crippen LogP contribution < -0.4 is 0 Å². The predicted octanol–water partition coefficient (Wildman–Crippen LogP) is 1.60. The number of rotatable bonds is 5. The quantitative estimate of drug-likeness (QED) is 0.810. The van der Waals surface area contributed by atoms with Gasteiger partial charge >= 0.3 is 0 Å². The lowest BCUT2D eigenvalue weighted by Gasteiger charge is -2.35. The minimum Gasteiger partial charge on any atom is -0.421 e. The Bertz CT molecular complexity index is 719. The molecule has 4 rings (SSSR count). The first-order valence-corrected chi connectivity index (χ1v) is 9.30. The van der Waals surface area contributed by atoms with E-state index in [2.05, 4.69) is 15.1 Å². The Morgan fingerprint density at radius 1 is 1.12 bits per heavy atom. The minimum absolute atomic E-state index is 0.159. The fourth-order valence-electron chi connectivity index (χ4n) is 3.47. The van der Waals surface area contributed by atoms with Crippen LogP contribution in [-0.2, 0) is 16.0 Å². The molecule has 1 unspecified atom stereocenters. The molecule has 7 heteroatoms. The predicted molar refractivity (Wildman–Crippen MR) is 95.4 cm³/mol. The Kier molecular flexibility index (Phi) is 5.26. The van der Waals surface area contributed by atoms with Crippen LogP contribution in [0.15, 0.2) is 34.7 Å². The van der Waals surface area contributed by atoms with Gasteiger partial charge in [-0.05, 0) is 25.0 Å². The van der Waals surface area contributed by atoms with E-state index in [0.717, 1.165) is 57.5 Å². The van der Waals surface area contributed by atoms with Crippen LogP contribution >= 0.6 is 0 Å². The molecule has 0 spiro atoms. The van der Waals surface area contributed by atoms with Crippen LogP contribution in [-0.4, -0.2) is 71.3 Å². The highest BCUT2D eigenvalue weighted by Crippen LogP contribution is 2.18. The number of hydrogen-bond acceptors (Lipinski definition) is 6. The SMILES string of the molecule is O=C(C1CCCO1)N1CCN(CCc2nnc(-c3ccccc3)o2)CC1. The maximum atomic E-state index is 12.4. The second-order valence-electron chi connectivity index (χ2n) is 6.79. The average Bonchev–Trinajstić information content (AvgIpc) is 3.39. The minimum atomic E-state index is -0.212. The van der Waals surface area contributed by atoms with Crippen LogP contribution in [0.5, 0.6) is 0 Å². The lowest BCUT2D eigenvalue weighted by Crippen LogP contribution is -2.51. The second-order valence-corrected chi connectivity index (χ2v) is 6.79. The van der Waals surface area contributed by atoms with Crippen LogP contribution in [0.4, 0.5) is 0 Å². The lowest BCUT2D eigenvalue weighted by molar-refractivity contribution is -0.142. The Morgan fingerprint density at radius 2 is 1.92 bits per heavy atom. The third-order valence-corrected chi connectivity index (χ3v) is 5.02. The van der Waals surface area contributed by atoms with Crippen LogP contribution in [0.25, 0.3) is 11.5 Å². The first-order valence-electron chi connectivity index (χ1n) is 9.30. The first-order chi connectivity index (χ1) is 12.8. The van der Waals surface area contributed by atoms with E-state index in [9.17, 15) is 4.79 Å². The zero-order valence-corrected chi connectivity index (χ0v) is 14.8. The maximum absolute atomic E-state index is 12.4. The fraction of sp³-hybridized carbons (Fsp3) is 0.526. The summed E-state index contributed by atoms with van der Waals surface area (Å²) in [5.74, 6) is 1.38. The molecule has 1 atom stereocenters. The van der Waals surface area contributed by atoms with Crippen molar-refractivity contribution in [3.63, 3.8) is 0 Å². The molecule has 0 N–H and O–H groups in total. The van der Waals surface area contributed by atoms with Gasteiger partial charge in [0.25, 0.3) is 5.91 Å². The van der Waals surface area contributed by atoms with Crippen molar-refractivity contribution in [2.75, 3.05) is 39.3 Å². The zero-order chi connectivity index (χ0) is 17.8. The highest BCUT2D eigenvalue weighted by molar-refractivity contribution is 5.81. The van der Waals surface area contributed by atoms with Crippen molar-refractivity contribution < 1.29 is 13.9 Å². The fourth-order valence-corrected chi connectivity index (χ4v) is 3.47. The Morgan fingerprint density at radius 3 is 2.65 bits per heavy atom. The summed E-state index contributed by atoms with van der Waals surface area (Å²) in [4.78, 5) is 16.6. The number of amides is 1. The average molecular weight is 356 g/mol. The largest absolute Gasteiger partial charge is 0.421 e. The van der Waals surface area contributed by atoms with E-state index in [1.165, 1.54) is 0 Å². The molecular weight excluding hydrogens is 332 g/mol. The van der Waals surface area contributed by atoms with Crippen molar-refractivity contribution in [3.8, 4) is 11.5 Å². The molecule has 1 aromatic carbocycles. The highest BCUT2D eigenvalue weighted by atomic mass is 16.5. The zero-order valence-electron chi connectivity index (χ0n) is 14.8. The molecule has 7 nitrogen and oxygen atoms in total. The molecule has 2 fully saturated rings.